The monoisotopic (exact) mass is 379 g/mol. The van der Waals surface area contributed by atoms with E-state index in [9.17, 15) is 24.1 Å². The van der Waals surface area contributed by atoms with Crippen LogP contribution in [0.2, 0.25) is 0 Å². The third-order valence-corrected chi connectivity index (χ3v) is 4.55. The zero-order valence-corrected chi connectivity index (χ0v) is 13.8. The minimum atomic E-state index is -2.78. The van der Waals surface area contributed by atoms with Gasteiger partial charge >= 0.3 is 11.0 Å². The Labute approximate surface area is 151 Å². The second-order valence-electron chi connectivity index (χ2n) is 5.64. The number of benzene rings is 2. The van der Waals surface area contributed by atoms with Gasteiger partial charge in [-0.25, -0.2) is 4.39 Å². The van der Waals surface area contributed by atoms with Crippen LogP contribution in [0.25, 0.3) is 0 Å². The summed E-state index contributed by atoms with van der Waals surface area (Å²) in [6.07, 6.45) is -2.25. The summed E-state index contributed by atoms with van der Waals surface area (Å²) < 4.78 is 19.8. The molecule has 0 saturated carbocycles. The zero-order valence-electron chi connectivity index (χ0n) is 13.0. The average Bonchev–Trinajstić information content (AvgIpc) is 2.58. The number of para-hydroxylation sites is 1. The maximum absolute atomic E-state index is 14.2. The fraction of sp³-hybridized carbons (Fsp3) is 0.176. The van der Waals surface area contributed by atoms with Crippen molar-refractivity contribution in [2.75, 3.05) is 0 Å². The SMILES string of the molecule is O=C(O)Cc1cccc2c1OC(c1ccccc1F)C(Cl)([N+](=O)[O-])C2=O. The topological polar surface area (TPSA) is 107 Å². The third kappa shape index (κ3) is 2.68. The lowest BCUT2D eigenvalue weighted by Gasteiger charge is -2.33. The number of alkyl halides is 1. The molecule has 0 bridgehead atoms. The fourth-order valence-electron chi connectivity index (χ4n) is 2.84. The molecule has 1 aliphatic heterocycles. The van der Waals surface area contributed by atoms with Gasteiger partial charge < -0.3 is 9.84 Å². The van der Waals surface area contributed by atoms with Gasteiger partial charge in [0.15, 0.2) is 0 Å². The number of carbonyl (C=O) groups excluding carboxylic acids is 1. The summed E-state index contributed by atoms with van der Waals surface area (Å²) in [6.45, 7) is 0. The van der Waals surface area contributed by atoms with Crippen LogP contribution in [0.5, 0.6) is 5.75 Å². The number of hydrogen-bond acceptors (Lipinski definition) is 5. The second kappa shape index (κ2) is 6.38. The molecule has 2 aromatic carbocycles. The van der Waals surface area contributed by atoms with Crippen molar-refractivity contribution in [3.63, 3.8) is 0 Å². The molecule has 134 valence electrons. The van der Waals surface area contributed by atoms with Crippen molar-refractivity contribution in [1.82, 2.24) is 0 Å². The lowest BCUT2D eigenvalue weighted by Crippen LogP contribution is -2.51. The Kier molecular flexibility index (Phi) is 4.37. The number of nitro groups is 1. The molecule has 9 heteroatoms. The van der Waals surface area contributed by atoms with Gasteiger partial charge in [-0.15, -0.1) is 0 Å². The van der Waals surface area contributed by atoms with Crippen LogP contribution in [-0.2, 0) is 11.2 Å². The van der Waals surface area contributed by atoms with Crippen molar-refractivity contribution in [2.24, 2.45) is 0 Å². The molecule has 1 heterocycles. The Morgan fingerprint density at radius 1 is 1.31 bits per heavy atom. The fourth-order valence-corrected chi connectivity index (χ4v) is 3.11. The number of aliphatic carboxylic acids is 1. The smallest absolute Gasteiger partial charge is 0.397 e. The molecule has 0 aliphatic carbocycles. The summed E-state index contributed by atoms with van der Waals surface area (Å²) in [5.74, 6) is -3.26. The van der Waals surface area contributed by atoms with E-state index in [1.807, 2.05) is 0 Å². The van der Waals surface area contributed by atoms with Crippen molar-refractivity contribution in [1.29, 1.82) is 0 Å². The van der Waals surface area contributed by atoms with E-state index in [2.05, 4.69) is 0 Å². The quantitative estimate of drug-likeness (QED) is 0.379. The number of ether oxygens (including phenoxy) is 1. The first-order chi connectivity index (χ1) is 12.3. The summed E-state index contributed by atoms with van der Waals surface area (Å²) in [5.41, 5.74) is -0.363. The predicted molar refractivity (Wildman–Crippen MR) is 87.5 cm³/mol. The van der Waals surface area contributed by atoms with Gasteiger partial charge in [0.25, 0.3) is 5.78 Å². The molecule has 0 saturated heterocycles. The number of carboxylic acids is 1. The van der Waals surface area contributed by atoms with Gasteiger partial charge in [0, 0.05) is 11.1 Å². The van der Waals surface area contributed by atoms with E-state index in [0.717, 1.165) is 6.07 Å². The summed E-state index contributed by atoms with van der Waals surface area (Å²) >= 11 is 6.06. The highest BCUT2D eigenvalue weighted by molar-refractivity contribution is 6.37. The molecule has 0 aromatic heterocycles. The van der Waals surface area contributed by atoms with E-state index in [4.69, 9.17) is 21.4 Å². The number of Topliss-reactive ketones (excluding diaryl/α,β-unsaturated/α-hetero) is 1. The van der Waals surface area contributed by atoms with Gasteiger partial charge in [-0.05, 0) is 23.7 Å². The number of halogens is 2. The normalized spacial score (nSPS) is 21.6. The minimum Gasteiger partial charge on any atom is -0.481 e. The van der Waals surface area contributed by atoms with Crippen molar-refractivity contribution in [2.45, 2.75) is 17.5 Å². The summed E-state index contributed by atoms with van der Waals surface area (Å²) in [4.78, 5) is 31.6. The predicted octanol–water partition coefficient (Wildman–Crippen LogP) is 2.98. The van der Waals surface area contributed by atoms with Crippen LogP contribution >= 0.6 is 11.6 Å². The van der Waals surface area contributed by atoms with Crippen molar-refractivity contribution in [3.05, 3.63) is 75.1 Å². The van der Waals surface area contributed by atoms with Crippen molar-refractivity contribution in [3.8, 4) is 5.75 Å². The van der Waals surface area contributed by atoms with Crippen molar-refractivity contribution < 1.29 is 28.7 Å². The van der Waals surface area contributed by atoms with Gasteiger partial charge in [0.2, 0.25) is 6.10 Å². The minimum absolute atomic E-state index is 0.131. The molecule has 2 aromatic rings. The van der Waals surface area contributed by atoms with E-state index in [0.29, 0.717) is 0 Å². The van der Waals surface area contributed by atoms with Gasteiger partial charge in [0.05, 0.1) is 16.9 Å². The summed E-state index contributed by atoms with van der Waals surface area (Å²) in [5, 5.41) is 20.6. The Morgan fingerprint density at radius 2 is 2.00 bits per heavy atom. The highest BCUT2D eigenvalue weighted by Gasteiger charge is 2.62. The summed E-state index contributed by atoms with van der Waals surface area (Å²) in [6, 6.07) is 9.10. The first-order valence-corrected chi connectivity index (χ1v) is 7.77. The molecule has 0 amide bonds. The average molecular weight is 380 g/mol. The van der Waals surface area contributed by atoms with Crippen molar-refractivity contribution >= 4 is 23.4 Å². The maximum atomic E-state index is 14.2. The third-order valence-electron chi connectivity index (χ3n) is 4.04. The Morgan fingerprint density at radius 3 is 2.62 bits per heavy atom. The number of rotatable bonds is 4. The van der Waals surface area contributed by atoms with Crippen LogP contribution in [0.1, 0.15) is 27.6 Å². The molecule has 3 rings (SSSR count). The molecule has 2 atom stereocenters. The summed E-state index contributed by atoms with van der Waals surface area (Å²) in [7, 11) is 0. The van der Waals surface area contributed by atoms with Crippen LogP contribution in [0.3, 0.4) is 0 Å². The van der Waals surface area contributed by atoms with Gasteiger partial charge in [-0.2, -0.15) is 0 Å². The molecule has 0 fully saturated rings. The number of carboxylic acid groups (broad SMARTS) is 1. The number of hydrogen-bond donors (Lipinski definition) is 1. The zero-order chi connectivity index (χ0) is 19.1. The molecule has 1 N–H and O–H groups in total. The van der Waals surface area contributed by atoms with E-state index in [1.54, 1.807) is 0 Å². The largest absolute Gasteiger partial charge is 0.481 e. The molecule has 0 radical (unpaired) electrons. The van der Waals surface area contributed by atoms with Crippen LogP contribution in [0, 0.1) is 15.9 Å². The highest BCUT2D eigenvalue weighted by Crippen LogP contribution is 2.47. The lowest BCUT2D eigenvalue weighted by atomic mass is 9.89. The lowest BCUT2D eigenvalue weighted by molar-refractivity contribution is -0.536. The molecular formula is C17H11ClFNO6. The number of ketones is 1. The molecule has 1 aliphatic rings. The molecule has 0 spiro atoms. The van der Waals surface area contributed by atoms with Crippen LogP contribution in [-0.4, -0.2) is 26.8 Å². The van der Waals surface area contributed by atoms with E-state index < -0.39 is 40.0 Å². The van der Waals surface area contributed by atoms with Gasteiger partial charge in [-0.3, -0.25) is 19.7 Å². The maximum Gasteiger partial charge on any atom is 0.397 e. The van der Waals surface area contributed by atoms with E-state index in [1.165, 1.54) is 36.4 Å². The molecule has 7 nitrogen and oxygen atoms in total. The number of nitrogens with zero attached hydrogens (tertiary/aromatic N) is 1. The Balaban J connectivity index is 2.24. The van der Waals surface area contributed by atoms with Crippen LogP contribution < -0.4 is 4.74 Å². The first kappa shape index (κ1) is 17.8. The standard InChI is InChI=1S/C17H11ClFNO6/c18-17(20(24)25)15(23)11-6-3-4-9(8-13(21)22)14(11)26-16(17)10-5-1-2-7-12(10)19/h1-7,16H,8H2,(H,21,22). The Bertz CT molecular complexity index is 933. The number of carbonyl (C=O) groups is 2. The first-order valence-electron chi connectivity index (χ1n) is 7.39. The number of fused-ring (bicyclic) bond motifs is 1. The molecule has 2 unspecified atom stereocenters. The van der Waals surface area contributed by atoms with Gasteiger partial charge in [0.1, 0.15) is 11.6 Å². The Hall–Kier alpha value is -3.00. The van der Waals surface area contributed by atoms with Crippen LogP contribution in [0.15, 0.2) is 42.5 Å². The molecular weight excluding hydrogens is 369 g/mol. The van der Waals surface area contributed by atoms with Gasteiger partial charge in [-0.1, -0.05) is 30.3 Å². The van der Waals surface area contributed by atoms with Crippen LogP contribution in [0.4, 0.5) is 4.39 Å². The second-order valence-corrected chi connectivity index (χ2v) is 6.22. The van der Waals surface area contributed by atoms with E-state index in [-0.39, 0.29) is 22.4 Å². The molecule has 26 heavy (non-hydrogen) atoms. The van der Waals surface area contributed by atoms with E-state index >= 15 is 0 Å². The highest BCUT2D eigenvalue weighted by atomic mass is 35.5.